The Labute approximate surface area is 220 Å². The number of benzene rings is 2. The molecule has 0 spiro atoms. The number of carbonyl (C=O) groups excluding carboxylic acids is 4. The van der Waals surface area contributed by atoms with Gasteiger partial charge in [0, 0.05) is 25.0 Å². The lowest BCUT2D eigenvalue weighted by Gasteiger charge is -2.13. The van der Waals surface area contributed by atoms with E-state index in [0.717, 1.165) is 17.7 Å². The summed E-state index contributed by atoms with van der Waals surface area (Å²) < 4.78 is 19.9. The molecule has 0 aliphatic rings. The van der Waals surface area contributed by atoms with E-state index in [0.29, 0.717) is 23.7 Å². The number of carbonyl (C=O) groups is 4. The van der Waals surface area contributed by atoms with E-state index in [4.69, 9.17) is 19.3 Å². The summed E-state index contributed by atoms with van der Waals surface area (Å²) in [5.74, 6) is -2.21. The SMILES string of the molecule is CCOC(=O)CCC(=O)c1c(O)cc(O)cc1O.CCOC(=O)CCC(=O)c1c(OC)cc(C)cc1OC. The minimum Gasteiger partial charge on any atom is -0.508 e. The molecule has 0 aliphatic heterocycles. The Hall–Kier alpha value is -4.28. The summed E-state index contributed by atoms with van der Waals surface area (Å²) in [6.07, 6.45) is -0.210. The molecule has 38 heavy (non-hydrogen) atoms. The number of ether oxygens (including phenoxy) is 4. The average molecular weight is 535 g/mol. The van der Waals surface area contributed by atoms with Gasteiger partial charge >= 0.3 is 11.9 Å². The Bertz CT molecular complexity index is 1090. The van der Waals surface area contributed by atoms with Gasteiger partial charge in [-0.25, -0.2) is 0 Å². The van der Waals surface area contributed by atoms with E-state index in [9.17, 15) is 29.4 Å². The van der Waals surface area contributed by atoms with Crippen LogP contribution in [-0.2, 0) is 19.1 Å². The highest BCUT2D eigenvalue weighted by molar-refractivity contribution is 6.03. The maximum absolute atomic E-state index is 12.3. The van der Waals surface area contributed by atoms with Gasteiger partial charge in [-0.05, 0) is 38.5 Å². The van der Waals surface area contributed by atoms with E-state index in [-0.39, 0.29) is 55.4 Å². The van der Waals surface area contributed by atoms with E-state index in [1.807, 2.05) is 6.92 Å². The molecule has 0 aliphatic carbocycles. The highest BCUT2D eigenvalue weighted by Gasteiger charge is 2.20. The first kappa shape index (κ1) is 31.7. The fraction of sp³-hybridized carbons (Fsp3) is 0.407. The van der Waals surface area contributed by atoms with Crippen molar-refractivity contribution in [3.63, 3.8) is 0 Å². The van der Waals surface area contributed by atoms with Gasteiger partial charge in [0.15, 0.2) is 11.6 Å². The monoisotopic (exact) mass is 534 g/mol. The highest BCUT2D eigenvalue weighted by Crippen LogP contribution is 2.33. The minimum absolute atomic E-state index is 0.0485. The smallest absolute Gasteiger partial charge is 0.306 e. The Morgan fingerprint density at radius 2 is 1.05 bits per heavy atom. The molecule has 2 aromatic rings. The molecule has 0 amide bonds. The van der Waals surface area contributed by atoms with Crippen LogP contribution in [0.4, 0.5) is 0 Å². The molecule has 0 fully saturated rings. The second-order valence-electron chi connectivity index (χ2n) is 7.86. The quantitative estimate of drug-likeness (QED) is 0.267. The maximum Gasteiger partial charge on any atom is 0.306 e. The van der Waals surface area contributed by atoms with Crippen molar-refractivity contribution in [2.75, 3.05) is 27.4 Å². The second kappa shape index (κ2) is 15.7. The van der Waals surface area contributed by atoms with Crippen LogP contribution >= 0.6 is 0 Å². The number of esters is 2. The van der Waals surface area contributed by atoms with Gasteiger partial charge in [0.1, 0.15) is 39.9 Å². The molecule has 0 unspecified atom stereocenters. The van der Waals surface area contributed by atoms with E-state index in [1.54, 1.807) is 26.0 Å². The molecule has 2 rings (SSSR count). The number of hydrogen-bond acceptors (Lipinski definition) is 11. The van der Waals surface area contributed by atoms with Crippen molar-refractivity contribution in [3.8, 4) is 28.7 Å². The predicted octanol–water partition coefficient (Wildman–Crippen LogP) is 3.87. The standard InChI is InChI=1S/C15H20O5.C12H14O6/c1-5-20-14(17)7-6-11(16)15-12(18-3)8-10(2)9-13(15)19-4;1-2-18-11(17)4-3-8(14)12-9(15)5-7(13)6-10(12)16/h8-9H,5-7H2,1-4H3;5-6,13,15-16H,2-4H2,1H3. The van der Waals surface area contributed by atoms with E-state index < -0.39 is 23.3 Å². The first-order valence-corrected chi connectivity index (χ1v) is 11.8. The number of rotatable bonds is 12. The summed E-state index contributed by atoms with van der Waals surface area (Å²) in [6.45, 7) is 5.80. The lowest BCUT2D eigenvalue weighted by atomic mass is 10.0. The molecule has 0 aromatic heterocycles. The molecule has 0 atom stereocenters. The number of aryl methyl sites for hydroxylation is 1. The number of methoxy groups -OCH3 is 2. The number of Topliss-reactive ketones (excluding diaryl/α,β-unsaturated/α-hetero) is 2. The van der Waals surface area contributed by atoms with Crippen LogP contribution < -0.4 is 9.47 Å². The lowest BCUT2D eigenvalue weighted by molar-refractivity contribution is -0.143. The molecule has 0 heterocycles. The number of ketones is 2. The molecular weight excluding hydrogens is 500 g/mol. The Balaban J connectivity index is 0.000000382. The van der Waals surface area contributed by atoms with E-state index in [1.165, 1.54) is 14.2 Å². The zero-order valence-corrected chi connectivity index (χ0v) is 22.2. The molecule has 11 nitrogen and oxygen atoms in total. The summed E-state index contributed by atoms with van der Waals surface area (Å²) >= 11 is 0. The van der Waals surface area contributed by atoms with Crippen molar-refractivity contribution in [2.45, 2.75) is 46.5 Å². The third-order valence-electron chi connectivity index (χ3n) is 5.01. The zero-order valence-electron chi connectivity index (χ0n) is 22.2. The van der Waals surface area contributed by atoms with Gasteiger partial charge in [-0.15, -0.1) is 0 Å². The van der Waals surface area contributed by atoms with Crippen molar-refractivity contribution in [1.29, 1.82) is 0 Å². The van der Waals surface area contributed by atoms with Crippen molar-refractivity contribution < 1.29 is 53.4 Å². The Kier molecular flexibility index (Phi) is 13.2. The topological polar surface area (TPSA) is 166 Å². The fourth-order valence-electron chi connectivity index (χ4n) is 3.35. The highest BCUT2D eigenvalue weighted by atomic mass is 16.5. The van der Waals surface area contributed by atoms with Gasteiger partial charge in [0.25, 0.3) is 0 Å². The summed E-state index contributed by atoms with van der Waals surface area (Å²) in [5, 5.41) is 28.0. The number of phenols is 3. The van der Waals surface area contributed by atoms with Crippen LogP contribution in [0, 0.1) is 6.92 Å². The van der Waals surface area contributed by atoms with Gasteiger partial charge in [-0.1, -0.05) is 0 Å². The number of phenolic OH excluding ortho intramolecular Hbond substituents is 3. The summed E-state index contributed by atoms with van der Waals surface area (Å²) in [6, 6.07) is 5.41. The van der Waals surface area contributed by atoms with E-state index in [2.05, 4.69) is 4.74 Å². The molecule has 2 aromatic carbocycles. The van der Waals surface area contributed by atoms with Crippen molar-refractivity contribution in [3.05, 3.63) is 41.0 Å². The van der Waals surface area contributed by atoms with Gasteiger partial charge in [-0.2, -0.15) is 0 Å². The summed E-state index contributed by atoms with van der Waals surface area (Å²) in [5.41, 5.74) is 0.989. The van der Waals surface area contributed by atoms with Gasteiger partial charge in [0.05, 0.1) is 40.3 Å². The Morgan fingerprint density at radius 1 is 0.658 bits per heavy atom. The average Bonchev–Trinajstić information content (AvgIpc) is 2.85. The van der Waals surface area contributed by atoms with Gasteiger partial charge in [0.2, 0.25) is 0 Å². The maximum atomic E-state index is 12.3. The third kappa shape index (κ3) is 9.64. The molecular formula is C27H34O11. The van der Waals surface area contributed by atoms with Crippen LogP contribution in [-0.4, -0.2) is 66.3 Å². The molecule has 0 saturated heterocycles. The largest absolute Gasteiger partial charge is 0.508 e. The van der Waals surface area contributed by atoms with Gasteiger partial charge in [-0.3, -0.25) is 19.2 Å². The molecule has 3 N–H and O–H groups in total. The zero-order chi connectivity index (χ0) is 28.8. The molecule has 0 radical (unpaired) electrons. The molecule has 0 bridgehead atoms. The molecule has 0 saturated carbocycles. The van der Waals surface area contributed by atoms with Crippen LogP contribution in [0.3, 0.4) is 0 Å². The molecule has 208 valence electrons. The summed E-state index contributed by atoms with van der Waals surface area (Å²) in [7, 11) is 2.99. The van der Waals surface area contributed by atoms with Crippen molar-refractivity contribution in [2.24, 2.45) is 0 Å². The normalized spacial score (nSPS) is 10.0. The first-order valence-electron chi connectivity index (χ1n) is 11.8. The third-order valence-corrected chi connectivity index (χ3v) is 5.01. The van der Waals surface area contributed by atoms with Crippen molar-refractivity contribution >= 4 is 23.5 Å². The van der Waals surface area contributed by atoms with E-state index >= 15 is 0 Å². The molecule has 11 heteroatoms. The van der Waals surface area contributed by atoms with Gasteiger partial charge < -0.3 is 34.3 Å². The van der Waals surface area contributed by atoms with Crippen LogP contribution in [0.2, 0.25) is 0 Å². The first-order chi connectivity index (χ1) is 18.0. The van der Waals surface area contributed by atoms with Crippen molar-refractivity contribution in [1.82, 2.24) is 0 Å². The minimum atomic E-state index is -0.599. The van der Waals surface area contributed by atoms with Crippen LogP contribution in [0.25, 0.3) is 0 Å². The Morgan fingerprint density at radius 3 is 1.42 bits per heavy atom. The fourth-order valence-corrected chi connectivity index (χ4v) is 3.35. The number of aromatic hydroxyl groups is 3. The van der Waals surface area contributed by atoms with Crippen LogP contribution in [0.15, 0.2) is 24.3 Å². The summed E-state index contributed by atoms with van der Waals surface area (Å²) in [4.78, 5) is 46.3. The lowest BCUT2D eigenvalue weighted by Crippen LogP contribution is -2.10. The predicted molar refractivity (Wildman–Crippen MR) is 136 cm³/mol. The number of hydrogen-bond donors (Lipinski definition) is 3. The van der Waals surface area contributed by atoms with Crippen LogP contribution in [0.5, 0.6) is 28.7 Å². The second-order valence-corrected chi connectivity index (χ2v) is 7.86. The van der Waals surface area contributed by atoms with Crippen LogP contribution in [0.1, 0.15) is 65.8 Å².